The molecule has 0 fully saturated rings. The number of benzene rings is 1. The second kappa shape index (κ2) is 6.48. The van der Waals surface area contributed by atoms with Crippen LogP contribution in [0, 0.1) is 11.7 Å². The van der Waals surface area contributed by atoms with Gasteiger partial charge in [-0.25, -0.2) is 9.18 Å². The molecule has 0 saturated carbocycles. The van der Waals surface area contributed by atoms with Gasteiger partial charge in [-0.05, 0) is 49.4 Å². The maximum atomic E-state index is 13.5. The summed E-state index contributed by atoms with van der Waals surface area (Å²) in [7, 11) is 0. The van der Waals surface area contributed by atoms with E-state index in [4.69, 9.17) is 5.11 Å². The fraction of sp³-hybridized carbons (Fsp3) is 0.400. The van der Waals surface area contributed by atoms with E-state index < -0.39 is 11.8 Å². The van der Waals surface area contributed by atoms with E-state index in [9.17, 15) is 9.18 Å². The van der Waals surface area contributed by atoms with Crippen molar-refractivity contribution in [3.63, 3.8) is 0 Å². The van der Waals surface area contributed by atoms with Gasteiger partial charge in [0.05, 0.1) is 5.56 Å². The van der Waals surface area contributed by atoms with Gasteiger partial charge in [-0.3, -0.25) is 0 Å². The number of carboxylic acids is 1. The van der Waals surface area contributed by atoms with E-state index in [1.807, 2.05) is 0 Å². The number of carbonyl (C=O) groups is 1. The Morgan fingerprint density at radius 1 is 1.42 bits per heavy atom. The lowest BCUT2D eigenvalue weighted by atomic mass is 9.94. The molecule has 102 valence electrons. The van der Waals surface area contributed by atoms with Crippen molar-refractivity contribution in [2.75, 3.05) is 6.54 Å². The van der Waals surface area contributed by atoms with E-state index in [1.165, 1.54) is 18.6 Å². The first-order valence-electron chi connectivity index (χ1n) is 6.54. The number of allylic oxidation sites excluding steroid dienone is 2. The minimum absolute atomic E-state index is 0.277. The molecule has 1 unspecified atom stereocenters. The molecule has 2 N–H and O–H groups in total. The molecule has 0 heterocycles. The van der Waals surface area contributed by atoms with Gasteiger partial charge in [-0.2, -0.15) is 0 Å². The van der Waals surface area contributed by atoms with Crippen LogP contribution in [0.25, 0.3) is 0 Å². The lowest BCUT2D eigenvalue weighted by Gasteiger charge is -2.18. The van der Waals surface area contributed by atoms with Gasteiger partial charge in [0, 0.05) is 6.54 Å². The number of aromatic carboxylic acids is 1. The molecule has 0 aliphatic heterocycles. The topological polar surface area (TPSA) is 49.3 Å². The van der Waals surface area contributed by atoms with E-state index in [2.05, 4.69) is 17.5 Å². The molecule has 1 aromatic carbocycles. The highest BCUT2D eigenvalue weighted by Crippen LogP contribution is 2.17. The van der Waals surface area contributed by atoms with Crippen molar-refractivity contribution in [2.45, 2.75) is 25.8 Å². The zero-order valence-electron chi connectivity index (χ0n) is 10.7. The van der Waals surface area contributed by atoms with Crippen LogP contribution in [0.15, 0.2) is 30.4 Å². The Labute approximate surface area is 112 Å². The largest absolute Gasteiger partial charge is 0.478 e. The average molecular weight is 263 g/mol. The summed E-state index contributed by atoms with van der Waals surface area (Å²) in [4.78, 5) is 10.7. The summed E-state index contributed by atoms with van der Waals surface area (Å²) in [5.74, 6) is -1.26. The van der Waals surface area contributed by atoms with Crippen molar-refractivity contribution < 1.29 is 14.3 Å². The van der Waals surface area contributed by atoms with Gasteiger partial charge in [0.2, 0.25) is 0 Å². The van der Waals surface area contributed by atoms with Gasteiger partial charge < -0.3 is 10.4 Å². The third-order valence-corrected chi connectivity index (χ3v) is 3.40. The smallest absolute Gasteiger partial charge is 0.338 e. The molecule has 1 aliphatic carbocycles. The third-order valence-electron chi connectivity index (χ3n) is 3.40. The van der Waals surface area contributed by atoms with Crippen molar-refractivity contribution in [3.8, 4) is 0 Å². The molecule has 19 heavy (non-hydrogen) atoms. The van der Waals surface area contributed by atoms with Gasteiger partial charge in [-0.1, -0.05) is 18.2 Å². The fourth-order valence-corrected chi connectivity index (χ4v) is 2.30. The molecule has 0 radical (unpaired) electrons. The van der Waals surface area contributed by atoms with Gasteiger partial charge in [0.25, 0.3) is 0 Å². The number of rotatable bonds is 5. The van der Waals surface area contributed by atoms with Crippen LogP contribution in [0.1, 0.15) is 35.2 Å². The SMILES string of the molecule is O=C(O)c1ccc(CNCC2CC=CCC2)cc1F. The van der Waals surface area contributed by atoms with E-state index in [0.29, 0.717) is 12.5 Å². The summed E-state index contributed by atoms with van der Waals surface area (Å²) in [6.07, 6.45) is 7.83. The highest BCUT2D eigenvalue weighted by molar-refractivity contribution is 5.87. The lowest BCUT2D eigenvalue weighted by molar-refractivity contribution is 0.0692. The normalized spacial score (nSPS) is 18.5. The van der Waals surface area contributed by atoms with Crippen LogP contribution in [-0.4, -0.2) is 17.6 Å². The molecule has 1 atom stereocenters. The van der Waals surface area contributed by atoms with Crippen LogP contribution in [0.2, 0.25) is 0 Å². The Morgan fingerprint density at radius 2 is 2.26 bits per heavy atom. The van der Waals surface area contributed by atoms with Crippen LogP contribution in [0.4, 0.5) is 4.39 Å². The standard InChI is InChI=1S/C15H18FNO2/c16-14-8-12(6-7-13(14)15(18)19)10-17-9-11-4-2-1-3-5-11/h1-2,6-8,11,17H,3-5,9-10H2,(H,18,19). The Bertz CT molecular complexity index is 485. The predicted octanol–water partition coefficient (Wildman–Crippen LogP) is 2.97. The first-order valence-corrected chi connectivity index (χ1v) is 6.54. The molecule has 1 aliphatic rings. The van der Waals surface area contributed by atoms with Crippen molar-refractivity contribution in [2.24, 2.45) is 5.92 Å². The quantitative estimate of drug-likeness (QED) is 0.803. The highest BCUT2D eigenvalue weighted by Gasteiger charge is 2.11. The van der Waals surface area contributed by atoms with Crippen LogP contribution >= 0.6 is 0 Å². The van der Waals surface area contributed by atoms with Crippen LogP contribution < -0.4 is 5.32 Å². The van der Waals surface area contributed by atoms with E-state index in [0.717, 1.165) is 24.9 Å². The third kappa shape index (κ3) is 3.89. The summed E-state index contributed by atoms with van der Waals surface area (Å²) in [5, 5.41) is 12.0. The number of hydrogen-bond donors (Lipinski definition) is 2. The van der Waals surface area contributed by atoms with Crippen molar-refractivity contribution in [1.82, 2.24) is 5.32 Å². The molecule has 1 aromatic rings. The molecule has 0 saturated heterocycles. The van der Waals surface area contributed by atoms with Crippen molar-refractivity contribution in [3.05, 3.63) is 47.3 Å². The molecular weight excluding hydrogens is 245 g/mol. The van der Waals surface area contributed by atoms with E-state index in [1.54, 1.807) is 6.07 Å². The minimum Gasteiger partial charge on any atom is -0.478 e. The van der Waals surface area contributed by atoms with E-state index >= 15 is 0 Å². The number of halogens is 1. The first kappa shape index (κ1) is 13.7. The Balaban J connectivity index is 1.84. The molecule has 0 amide bonds. The Hall–Kier alpha value is -1.68. The maximum Gasteiger partial charge on any atom is 0.338 e. The molecule has 0 spiro atoms. The lowest BCUT2D eigenvalue weighted by Crippen LogP contribution is -2.23. The van der Waals surface area contributed by atoms with Crippen molar-refractivity contribution >= 4 is 5.97 Å². The van der Waals surface area contributed by atoms with Gasteiger partial charge >= 0.3 is 5.97 Å². The molecular formula is C15H18FNO2. The number of carboxylic acid groups (broad SMARTS) is 1. The number of hydrogen-bond acceptors (Lipinski definition) is 2. The summed E-state index contributed by atoms with van der Waals surface area (Å²) >= 11 is 0. The van der Waals surface area contributed by atoms with Gasteiger partial charge in [-0.15, -0.1) is 0 Å². The minimum atomic E-state index is -1.23. The fourth-order valence-electron chi connectivity index (χ4n) is 2.30. The molecule has 2 rings (SSSR count). The first-order chi connectivity index (χ1) is 9.16. The van der Waals surface area contributed by atoms with Gasteiger partial charge in [0.1, 0.15) is 5.82 Å². The highest BCUT2D eigenvalue weighted by atomic mass is 19.1. The van der Waals surface area contributed by atoms with Crippen LogP contribution in [0.5, 0.6) is 0 Å². The molecule has 0 bridgehead atoms. The second-order valence-electron chi connectivity index (χ2n) is 4.90. The molecule has 3 nitrogen and oxygen atoms in total. The maximum absolute atomic E-state index is 13.5. The summed E-state index contributed by atoms with van der Waals surface area (Å²) in [6.45, 7) is 1.48. The van der Waals surface area contributed by atoms with Crippen LogP contribution in [0.3, 0.4) is 0 Å². The predicted molar refractivity (Wildman–Crippen MR) is 71.5 cm³/mol. The Morgan fingerprint density at radius 3 is 2.89 bits per heavy atom. The average Bonchev–Trinajstić information content (AvgIpc) is 2.39. The van der Waals surface area contributed by atoms with Crippen LogP contribution in [-0.2, 0) is 6.54 Å². The zero-order chi connectivity index (χ0) is 13.7. The number of nitrogens with one attached hydrogen (secondary N) is 1. The van der Waals surface area contributed by atoms with E-state index in [-0.39, 0.29) is 5.56 Å². The van der Waals surface area contributed by atoms with Gasteiger partial charge in [0.15, 0.2) is 0 Å². The molecule has 4 heteroatoms. The monoisotopic (exact) mass is 263 g/mol. The molecule has 0 aromatic heterocycles. The zero-order valence-corrected chi connectivity index (χ0v) is 10.7. The second-order valence-corrected chi connectivity index (χ2v) is 4.90. The Kier molecular flexibility index (Phi) is 4.68. The summed E-state index contributed by atoms with van der Waals surface area (Å²) in [5.41, 5.74) is 0.495. The summed E-state index contributed by atoms with van der Waals surface area (Å²) in [6, 6.07) is 4.26. The summed E-state index contributed by atoms with van der Waals surface area (Å²) < 4.78 is 13.5. The van der Waals surface area contributed by atoms with Crippen molar-refractivity contribution in [1.29, 1.82) is 0 Å².